The summed E-state index contributed by atoms with van der Waals surface area (Å²) in [7, 11) is 0. The summed E-state index contributed by atoms with van der Waals surface area (Å²) in [5.74, 6) is 0. The maximum absolute atomic E-state index is 11.9. The van der Waals surface area contributed by atoms with Crippen molar-refractivity contribution in [2.75, 3.05) is 0 Å². The normalized spacial score (nSPS) is 14.0. The van der Waals surface area contributed by atoms with Crippen LogP contribution >= 0.6 is 0 Å². The molecule has 0 aliphatic rings. The molecule has 0 aliphatic carbocycles. The predicted octanol–water partition coefficient (Wildman–Crippen LogP) is -0.341. The molecule has 0 bridgehead atoms. The molecule has 0 spiro atoms. The van der Waals surface area contributed by atoms with Crippen molar-refractivity contribution in [3.05, 3.63) is 32.6 Å². The fraction of sp³-hybridized carbons (Fsp3) is 0.333. The van der Waals surface area contributed by atoms with Gasteiger partial charge in [0.05, 0.1) is 5.56 Å². The Kier molecular flexibility index (Phi) is 2.47. The maximum atomic E-state index is 11.9. The highest BCUT2D eigenvalue weighted by Crippen LogP contribution is 2.29. The smallest absolute Gasteiger partial charge is 0.379 e. The van der Waals surface area contributed by atoms with Gasteiger partial charge in [0.15, 0.2) is 6.10 Å². The molecule has 0 unspecified atom stereocenters. The van der Waals surface area contributed by atoms with Gasteiger partial charge in [-0.25, -0.2) is 4.79 Å². The highest BCUT2D eigenvalue weighted by atomic mass is 19.4. The zero-order valence-corrected chi connectivity index (χ0v) is 6.55. The largest absolute Gasteiger partial charge is 0.418 e. The molecule has 3 N–H and O–H groups in total. The highest BCUT2D eigenvalue weighted by molar-refractivity contribution is 5.09. The molecule has 0 fully saturated rings. The number of halogens is 3. The Morgan fingerprint density at radius 1 is 1.36 bits per heavy atom. The Bertz CT molecular complexity index is 433. The molecule has 0 amide bonds. The van der Waals surface area contributed by atoms with Gasteiger partial charge >= 0.3 is 11.9 Å². The summed E-state index contributed by atoms with van der Waals surface area (Å²) in [6, 6.07) is 0. The van der Waals surface area contributed by atoms with E-state index in [1.54, 1.807) is 4.98 Å². The Morgan fingerprint density at radius 3 is 2.36 bits per heavy atom. The zero-order chi connectivity index (χ0) is 10.9. The molecule has 78 valence electrons. The topological polar surface area (TPSA) is 85.9 Å². The lowest BCUT2D eigenvalue weighted by Gasteiger charge is -2.12. The van der Waals surface area contributed by atoms with E-state index in [0.717, 1.165) is 0 Å². The van der Waals surface area contributed by atoms with Crippen molar-refractivity contribution in [1.29, 1.82) is 0 Å². The summed E-state index contributed by atoms with van der Waals surface area (Å²) in [5, 5.41) is 8.66. The first-order valence-corrected chi connectivity index (χ1v) is 3.39. The number of rotatable bonds is 1. The lowest BCUT2D eigenvalue weighted by Crippen LogP contribution is -2.31. The highest BCUT2D eigenvalue weighted by Gasteiger charge is 2.40. The van der Waals surface area contributed by atoms with Crippen LogP contribution in [0.3, 0.4) is 0 Å². The second-order valence-corrected chi connectivity index (χ2v) is 2.47. The van der Waals surface area contributed by atoms with E-state index in [0.29, 0.717) is 6.20 Å². The van der Waals surface area contributed by atoms with Gasteiger partial charge in [-0.1, -0.05) is 0 Å². The van der Waals surface area contributed by atoms with Crippen molar-refractivity contribution in [2.24, 2.45) is 0 Å². The second kappa shape index (κ2) is 3.29. The molecule has 0 saturated heterocycles. The first-order chi connectivity index (χ1) is 6.32. The van der Waals surface area contributed by atoms with Crippen LogP contribution in [0.4, 0.5) is 13.2 Å². The minimum absolute atomic E-state index is 0.527. The molecular weight excluding hydrogens is 205 g/mol. The average molecular weight is 210 g/mol. The maximum Gasteiger partial charge on any atom is 0.418 e. The molecule has 1 heterocycles. The summed E-state index contributed by atoms with van der Waals surface area (Å²) < 4.78 is 35.8. The number of nitrogens with one attached hydrogen (secondary N) is 2. The second-order valence-electron chi connectivity index (χ2n) is 2.47. The van der Waals surface area contributed by atoms with Crippen LogP contribution in [0.5, 0.6) is 0 Å². The third kappa shape index (κ3) is 2.02. The summed E-state index contributed by atoms with van der Waals surface area (Å²) in [4.78, 5) is 24.6. The molecular formula is C6H5F3N2O3. The van der Waals surface area contributed by atoms with Gasteiger partial charge in [0.2, 0.25) is 0 Å². The third-order valence-corrected chi connectivity index (χ3v) is 1.45. The SMILES string of the molecule is O=c1[nH]cc([C@@H](O)C(F)(F)F)c(=O)[nH]1. The number of aromatic amines is 2. The quantitative estimate of drug-likeness (QED) is 0.592. The van der Waals surface area contributed by atoms with Crippen LogP contribution in [0.15, 0.2) is 15.8 Å². The number of H-pyrrole nitrogens is 2. The van der Waals surface area contributed by atoms with Gasteiger partial charge in [-0.15, -0.1) is 0 Å². The van der Waals surface area contributed by atoms with Crippen molar-refractivity contribution in [2.45, 2.75) is 12.3 Å². The lowest BCUT2D eigenvalue weighted by molar-refractivity contribution is -0.207. The van der Waals surface area contributed by atoms with E-state index >= 15 is 0 Å². The molecule has 0 aliphatic heterocycles. The van der Waals surface area contributed by atoms with Crippen LogP contribution in [0.25, 0.3) is 0 Å². The van der Waals surface area contributed by atoms with Crippen molar-refractivity contribution in [1.82, 2.24) is 9.97 Å². The molecule has 5 nitrogen and oxygen atoms in total. The number of aliphatic hydroxyl groups is 1. The molecule has 0 saturated carbocycles. The fourth-order valence-electron chi connectivity index (χ4n) is 0.800. The van der Waals surface area contributed by atoms with Gasteiger partial charge in [-0.3, -0.25) is 9.78 Å². The van der Waals surface area contributed by atoms with Gasteiger partial charge in [-0.05, 0) is 0 Å². The number of hydrogen-bond donors (Lipinski definition) is 3. The van der Waals surface area contributed by atoms with Gasteiger partial charge in [0.1, 0.15) is 0 Å². The minimum atomic E-state index is -4.94. The van der Waals surface area contributed by atoms with Gasteiger partial charge in [0.25, 0.3) is 5.56 Å². The van der Waals surface area contributed by atoms with E-state index < -0.39 is 29.1 Å². The Labute approximate surface area is 74.2 Å². The molecule has 1 atom stereocenters. The van der Waals surface area contributed by atoms with Crippen molar-refractivity contribution in [3.63, 3.8) is 0 Å². The summed E-state index contributed by atoms with van der Waals surface area (Å²) >= 11 is 0. The van der Waals surface area contributed by atoms with E-state index in [1.807, 2.05) is 4.98 Å². The Morgan fingerprint density at radius 2 is 1.93 bits per heavy atom. The fourth-order valence-corrected chi connectivity index (χ4v) is 0.800. The molecule has 1 aromatic heterocycles. The average Bonchev–Trinajstić information content (AvgIpc) is 2.01. The van der Waals surface area contributed by atoms with Crippen LogP contribution in [0.2, 0.25) is 0 Å². The molecule has 1 rings (SSSR count). The van der Waals surface area contributed by atoms with Crippen LogP contribution in [0.1, 0.15) is 11.7 Å². The van der Waals surface area contributed by atoms with Gasteiger partial charge in [-0.2, -0.15) is 13.2 Å². The Balaban J connectivity index is 3.21. The Hall–Kier alpha value is -1.57. The molecule has 1 aromatic rings. The van der Waals surface area contributed by atoms with E-state index in [9.17, 15) is 22.8 Å². The van der Waals surface area contributed by atoms with Gasteiger partial charge in [0, 0.05) is 6.20 Å². The first kappa shape index (κ1) is 10.5. The molecule has 14 heavy (non-hydrogen) atoms. The first-order valence-electron chi connectivity index (χ1n) is 3.39. The van der Waals surface area contributed by atoms with E-state index in [1.165, 1.54) is 0 Å². The summed E-state index contributed by atoms with van der Waals surface area (Å²) in [5.41, 5.74) is -3.15. The summed E-state index contributed by atoms with van der Waals surface area (Å²) in [6.45, 7) is 0. The van der Waals surface area contributed by atoms with Crippen LogP contribution in [-0.2, 0) is 0 Å². The third-order valence-electron chi connectivity index (χ3n) is 1.45. The van der Waals surface area contributed by atoms with E-state index in [4.69, 9.17) is 5.11 Å². The monoisotopic (exact) mass is 210 g/mol. The molecule has 0 aromatic carbocycles. The minimum Gasteiger partial charge on any atom is -0.379 e. The van der Waals surface area contributed by atoms with Crippen molar-refractivity contribution in [3.8, 4) is 0 Å². The van der Waals surface area contributed by atoms with E-state index in [2.05, 4.69) is 0 Å². The molecule has 0 radical (unpaired) electrons. The summed E-state index contributed by atoms with van der Waals surface area (Å²) in [6.07, 6.45) is -7.31. The zero-order valence-electron chi connectivity index (χ0n) is 6.55. The molecule has 8 heteroatoms. The van der Waals surface area contributed by atoms with Crippen LogP contribution in [-0.4, -0.2) is 21.3 Å². The number of hydrogen-bond acceptors (Lipinski definition) is 3. The number of aliphatic hydroxyl groups excluding tert-OH is 1. The lowest BCUT2D eigenvalue weighted by atomic mass is 10.2. The van der Waals surface area contributed by atoms with Crippen LogP contribution in [0, 0.1) is 0 Å². The van der Waals surface area contributed by atoms with Crippen molar-refractivity contribution < 1.29 is 18.3 Å². The number of aromatic nitrogens is 2. The van der Waals surface area contributed by atoms with E-state index in [-0.39, 0.29) is 0 Å². The number of alkyl halides is 3. The van der Waals surface area contributed by atoms with Crippen LogP contribution < -0.4 is 11.2 Å². The van der Waals surface area contributed by atoms with Crippen molar-refractivity contribution >= 4 is 0 Å². The van der Waals surface area contributed by atoms with Gasteiger partial charge < -0.3 is 10.1 Å². The standard InChI is InChI=1S/C6H5F3N2O3/c7-6(8,9)3(12)2-1-10-5(14)11-4(2)13/h1,3,12H,(H2,10,11,13,14)/t3-/m1/s1. The predicted molar refractivity (Wildman–Crippen MR) is 38.7 cm³/mol.